The molecule has 4 rings (SSSR count). The van der Waals surface area contributed by atoms with Crippen LogP contribution in [0.1, 0.15) is 31.0 Å². The van der Waals surface area contributed by atoms with Gasteiger partial charge in [-0.05, 0) is 38.0 Å². The highest BCUT2D eigenvalue weighted by Gasteiger charge is 2.21. The summed E-state index contributed by atoms with van der Waals surface area (Å²) in [5.74, 6) is 1.94. The number of nitrogens with zero attached hydrogens (tertiary/aromatic N) is 4. The minimum atomic E-state index is 0.548. The van der Waals surface area contributed by atoms with Crippen molar-refractivity contribution in [2.75, 3.05) is 18.0 Å². The van der Waals surface area contributed by atoms with E-state index >= 15 is 0 Å². The normalized spacial score (nSPS) is 17.1. The van der Waals surface area contributed by atoms with Crippen molar-refractivity contribution >= 4 is 11.4 Å². The lowest BCUT2D eigenvalue weighted by molar-refractivity contribution is 0.197. The van der Waals surface area contributed by atoms with Gasteiger partial charge in [-0.3, -0.25) is 0 Å². The molecule has 0 N–H and O–H groups in total. The Morgan fingerprint density at radius 3 is 2.80 bits per heavy atom. The van der Waals surface area contributed by atoms with Crippen molar-refractivity contribution < 1.29 is 4.74 Å². The van der Waals surface area contributed by atoms with E-state index in [0.29, 0.717) is 6.61 Å². The predicted octanol–water partition coefficient (Wildman–Crippen LogP) is 3.87. The van der Waals surface area contributed by atoms with Gasteiger partial charge in [-0.2, -0.15) is 5.10 Å². The minimum absolute atomic E-state index is 0.548. The molecule has 2 aliphatic heterocycles. The maximum absolute atomic E-state index is 5.77. The van der Waals surface area contributed by atoms with Crippen molar-refractivity contribution in [3.05, 3.63) is 66.3 Å². The first kappa shape index (κ1) is 15.7. The number of aromatic nitrogens is 3. The summed E-state index contributed by atoms with van der Waals surface area (Å²) in [4.78, 5) is 6.95. The largest absolute Gasteiger partial charge is 0.493 e. The zero-order chi connectivity index (χ0) is 17.2. The lowest BCUT2D eigenvalue weighted by Gasteiger charge is -2.16. The predicted molar refractivity (Wildman–Crippen MR) is 99.5 cm³/mol. The Kier molecular flexibility index (Phi) is 4.14. The van der Waals surface area contributed by atoms with Crippen LogP contribution >= 0.6 is 0 Å². The molecule has 0 saturated carbocycles. The average molecular weight is 334 g/mol. The Hall–Kier alpha value is -2.82. The number of allylic oxidation sites excluding steroid dienone is 5. The van der Waals surface area contributed by atoms with E-state index in [0.717, 1.165) is 47.2 Å². The SMILES string of the molecule is C=C/C=C\C1=C(C)OCc2cn(-c3ccc(N4CCCC4)nc3)nc21. The molecule has 0 spiro atoms. The molecule has 1 fully saturated rings. The van der Waals surface area contributed by atoms with Crippen molar-refractivity contribution in [1.82, 2.24) is 14.8 Å². The van der Waals surface area contributed by atoms with E-state index in [2.05, 4.69) is 28.6 Å². The van der Waals surface area contributed by atoms with Gasteiger partial charge in [-0.1, -0.05) is 18.7 Å². The van der Waals surface area contributed by atoms with Gasteiger partial charge in [0.25, 0.3) is 0 Å². The first-order valence-electron chi connectivity index (χ1n) is 8.69. The van der Waals surface area contributed by atoms with Gasteiger partial charge in [0.05, 0.1) is 11.9 Å². The summed E-state index contributed by atoms with van der Waals surface area (Å²) in [7, 11) is 0. The molecule has 0 bridgehead atoms. The van der Waals surface area contributed by atoms with Gasteiger partial charge in [0.15, 0.2) is 0 Å². The van der Waals surface area contributed by atoms with Crippen LogP contribution in [-0.4, -0.2) is 27.9 Å². The monoisotopic (exact) mass is 334 g/mol. The first-order chi connectivity index (χ1) is 12.3. The summed E-state index contributed by atoms with van der Waals surface area (Å²) in [6.07, 6.45) is 12.1. The molecule has 2 aromatic heterocycles. The van der Waals surface area contributed by atoms with Crippen molar-refractivity contribution in [2.24, 2.45) is 0 Å². The highest BCUT2D eigenvalue weighted by molar-refractivity contribution is 5.76. The Balaban J connectivity index is 1.64. The van der Waals surface area contributed by atoms with Gasteiger partial charge in [-0.25, -0.2) is 9.67 Å². The average Bonchev–Trinajstić information content (AvgIpc) is 3.31. The second-order valence-electron chi connectivity index (χ2n) is 6.37. The van der Waals surface area contributed by atoms with E-state index in [4.69, 9.17) is 9.84 Å². The molecule has 0 unspecified atom stereocenters. The second-order valence-corrected chi connectivity index (χ2v) is 6.37. The number of anilines is 1. The molecule has 128 valence electrons. The van der Waals surface area contributed by atoms with E-state index in [1.807, 2.05) is 36.2 Å². The standard InChI is InChI=1S/C20H22N4O/c1-3-4-7-18-15(2)25-14-16-13-24(22-20(16)18)17-8-9-19(21-12-17)23-10-5-6-11-23/h3-4,7-9,12-13H,1,5-6,10-11,14H2,2H3/b7-4-. The zero-order valence-electron chi connectivity index (χ0n) is 14.5. The molecular formula is C20H22N4O. The summed E-state index contributed by atoms with van der Waals surface area (Å²) in [6, 6.07) is 4.16. The smallest absolute Gasteiger partial charge is 0.128 e. The number of hydrogen-bond acceptors (Lipinski definition) is 4. The molecule has 5 nitrogen and oxygen atoms in total. The van der Waals surface area contributed by atoms with E-state index in [9.17, 15) is 0 Å². The minimum Gasteiger partial charge on any atom is -0.493 e. The Morgan fingerprint density at radius 1 is 1.24 bits per heavy atom. The summed E-state index contributed by atoms with van der Waals surface area (Å²) < 4.78 is 7.65. The van der Waals surface area contributed by atoms with Crippen LogP contribution < -0.4 is 4.90 Å². The van der Waals surface area contributed by atoms with Gasteiger partial charge in [0.1, 0.15) is 23.9 Å². The maximum atomic E-state index is 5.77. The number of rotatable bonds is 4. The fourth-order valence-corrected chi connectivity index (χ4v) is 3.31. The van der Waals surface area contributed by atoms with Crippen LogP contribution in [0.5, 0.6) is 0 Å². The lowest BCUT2D eigenvalue weighted by atomic mass is 10.1. The van der Waals surface area contributed by atoms with E-state index in [1.54, 1.807) is 6.08 Å². The molecular weight excluding hydrogens is 312 g/mol. The van der Waals surface area contributed by atoms with Crippen LogP contribution in [0.15, 0.2) is 55.1 Å². The quantitative estimate of drug-likeness (QED) is 0.796. The van der Waals surface area contributed by atoms with Gasteiger partial charge in [0.2, 0.25) is 0 Å². The Bertz CT molecular complexity index is 839. The fourth-order valence-electron chi connectivity index (χ4n) is 3.31. The molecule has 5 heteroatoms. The summed E-state index contributed by atoms with van der Waals surface area (Å²) in [6.45, 7) is 8.45. The third-order valence-electron chi connectivity index (χ3n) is 4.69. The third kappa shape index (κ3) is 2.97. The van der Waals surface area contributed by atoms with E-state index in [1.165, 1.54) is 12.8 Å². The highest BCUT2D eigenvalue weighted by Crippen LogP contribution is 2.30. The van der Waals surface area contributed by atoms with Crippen LogP contribution in [0.3, 0.4) is 0 Å². The van der Waals surface area contributed by atoms with Crippen molar-refractivity contribution in [3.8, 4) is 5.69 Å². The van der Waals surface area contributed by atoms with E-state index < -0.39 is 0 Å². The number of hydrogen-bond donors (Lipinski definition) is 0. The van der Waals surface area contributed by atoms with E-state index in [-0.39, 0.29) is 0 Å². The molecule has 2 aliphatic rings. The van der Waals surface area contributed by atoms with Crippen LogP contribution in [0.25, 0.3) is 11.3 Å². The van der Waals surface area contributed by atoms with Crippen LogP contribution in [0, 0.1) is 0 Å². The summed E-state index contributed by atoms with van der Waals surface area (Å²) in [5, 5.41) is 4.77. The zero-order valence-corrected chi connectivity index (χ0v) is 14.5. The van der Waals surface area contributed by atoms with Crippen molar-refractivity contribution in [3.63, 3.8) is 0 Å². The molecule has 0 amide bonds. The Morgan fingerprint density at radius 2 is 2.08 bits per heavy atom. The molecule has 0 aliphatic carbocycles. The first-order valence-corrected chi connectivity index (χ1v) is 8.69. The molecule has 0 atom stereocenters. The van der Waals surface area contributed by atoms with Gasteiger partial charge in [-0.15, -0.1) is 0 Å². The van der Waals surface area contributed by atoms with Gasteiger partial charge < -0.3 is 9.64 Å². The molecule has 0 radical (unpaired) electrons. The maximum Gasteiger partial charge on any atom is 0.128 e. The number of ether oxygens (including phenoxy) is 1. The lowest BCUT2D eigenvalue weighted by Crippen LogP contribution is -2.18. The molecule has 0 aromatic carbocycles. The highest BCUT2D eigenvalue weighted by atomic mass is 16.5. The third-order valence-corrected chi connectivity index (χ3v) is 4.69. The number of pyridine rings is 1. The van der Waals surface area contributed by atoms with Crippen molar-refractivity contribution in [1.29, 1.82) is 0 Å². The van der Waals surface area contributed by atoms with Crippen LogP contribution in [0.2, 0.25) is 0 Å². The summed E-state index contributed by atoms with van der Waals surface area (Å²) in [5.41, 5.74) is 4.01. The molecule has 25 heavy (non-hydrogen) atoms. The van der Waals surface area contributed by atoms with Crippen LogP contribution in [-0.2, 0) is 11.3 Å². The van der Waals surface area contributed by atoms with Gasteiger partial charge in [0, 0.05) is 30.4 Å². The topological polar surface area (TPSA) is 43.2 Å². The fraction of sp³-hybridized carbons (Fsp3) is 0.300. The Labute approximate surface area is 147 Å². The molecule has 1 saturated heterocycles. The number of fused-ring (bicyclic) bond motifs is 1. The second kappa shape index (κ2) is 6.59. The molecule has 4 heterocycles. The van der Waals surface area contributed by atoms with Crippen LogP contribution in [0.4, 0.5) is 5.82 Å². The molecule has 2 aromatic rings. The summed E-state index contributed by atoms with van der Waals surface area (Å²) >= 11 is 0. The van der Waals surface area contributed by atoms with Gasteiger partial charge >= 0.3 is 0 Å². The van der Waals surface area contributed by atoms with Crippen molar-refractivity contribution in [2.45, 2.75) is 26.4 Å².